The fourth-order valence-corrected chi connectivity index (χ4v) is 3.95. The van der Waals surface area contributed by atoms with Gasteiger partial charge in [-0.3, -0.25) is 4.79 Å². The maximum absolute atomic E-state index is 12.5. The number of carbonyl (C=O) groups is 1. The number of nitrogens with one attached hydrogen (secondary N) is 2. The maximum Gasteiger partial charge on any atom is 0.258 e. The van der Waals surface area contributed by atoms with Gasteiger partial charge in [-0.25, -0.2) is 13.1 Å². The van der Waals surface area contributed by atoms with Gasteiger partial charge in [-0.05, 0) is 55.3 Å². The van der Waals surface area contributed by atoms with Crippen LogP contribution in [0.5, 0.6) is 17.2 Å². The Hall–Kier alpha value is -2.82. The second-order valence-corrected chi connectivity index (χ2v) is 8.79. The standard InChI is InChI=1S/C22H30N2O7S/c1-16(14-28-2)24-22(25)15-31-18-6-8-19(9-7-18)32(26,27)23-12-11-17-5-10-20(29-3)21(13-17)30-4/h5-10,13,16,23H,11-12,14-15H2,1-4H3,(H,24,25)/t16-/m1/s1. The zero-order valence-corrected chi connectivity index (χ0v) is 19.5. The summed E-state index contributed by atoms with van der Waals surface area (Å²) < 4.78 is 48.5. The van der Waals surface area contributed by atoms with E-state index < -0.39 is 10.0 Å². The van der Waals surface area contributed by atoms with Crippen LogP contribution in [0, 0.1) is 0 Å². The third kappa shape index (κ3) is 7.70. The van der Waals surface area contributed by atoms with Gasteiger partial charge in [0.05, 0.1) is 25.7 Å². The van der Waals surface area contributed by atoms with Crippen LogP contribution < -0.4 is 24.2 Å². The smallest absolute Gasteiger partial charge is 0.258 e. The van der Waals surface area contributed by atoms with Crippen LogP contribution in [-0.4, -0.2) is 61.5 Å². The zero-order chi connectivity index (χ0) is 23.6. The van der Waals surface area contributed by atoms with Crippen molar-refractivity contribution >= 4 is 15.9 Å². The molecule has 0 bridgehead atoms. The Morgan fingerprint density at radius 1 is 1.00 bits per heavy atom. The van der Waals surface area contributed by atoms with Crippen LogP contribution in [-0.2, 0) is 26.0 Å². The van der Waals surface area contributed by atoms with E-state index in [2.05, 4.69) is 10.0 Å². The third-order valence-electron chi connectivity index (χ3n) is 4.48. The SMILES string of the molecule is COC[C@@H](C)NC(=O)COc1ccc(S(=O)(=O)NCCc2ccc(OC)c(OC)c2)cc1. The highest BCUT2D eigenvalue weighted by Gasteiger charge is 2.14. The third-order valence-corrected chi connectivity index (χ3v) is 5.96. The molecule has 2 rings (SSSR count). The molecule has 0 heterocycles. The van der Waals surface area contributed by atoms with E-state index in [1.165, 1.54) is 24.3 Å². The average Bonchev–Trinajstić information content (AvgIpc) is 2.78. The Balaban J connectivity index is 1.86. The number of benzene rings is 2. The number of ether oxygens (including phenoxy) is 4. The minimum Gasteiger partial charge on any atom is -0.493 e. The van der Waals surface area contributed by atoms with Gasteiger partial charge in [0.25, 0.3) is 5.91 Å². The highest BCUT2D eigenvalue weighted by atomic mass is 32.2. The molecule has 2 aromatic carbocycles. The van der Waals surface area contributed by atoms with Gasteiger partial charge in [-0.1, -0.05) is 6.07 Å². The second-order valence-electron chi connectivity index (χ2n) is 7.02. The lowest BCUT2D eigenvalue weighted by molar-refractivity contribution is -0.124. The van der Waals surface area contributed by atoms with E-state index in [1.807, 2.05) is 19.1 Å². The van der Waals surface area contributed by atoms with E-state index in [4.69, 9.17) is 18.9 Å². The van der Waals surface area contributed by atoms with Crippen LogP contribution in [0.15, 0.2) is 47.4 Å². The molecule has 9 nitrogen and oxygen atoms in total. The van der Waals surface area contributed by atoms with Crippen LogP contribution >= 0.6 is 0 Å². The van der Waals surface area contributed by atoms with Gasteiger partial charge < -0.3 is 24.3 Å². The van der Waals surface area contributed by atoms with Crippen molar-refractivity contribution in [2.75, 3.05) is 41.1 Å². The molecular formula is C22H30N2O7S. The first-order chi connectivity index (χ1) is 15.3. The van der Waals surface area contributed by atoms with Crippen molar-refractivity contribution in [1.29, 1.82) is 0 Å². The topological polar surface area (TPSA) is 112 Å². The van der Waals surface area contributed by atoms with Crippen molar-refractivity contribution in [3.63, 3.8) is 0 Å². The molecule has 0 radical (unpaired) electrons. The minimum atomic E-state index is -3.68. The number of sulfonamides is 1. The highest BCUT2D eigenvalue weighted by molar-refractivity contribution is 7.89. The van der Waals surface area contributed by atoms with Crippen molar-refractivity contribution in [3.05, 3.63) is 48.0 Å². The first-order valence-electron chi connectivity index (χ1n) is 10.0. The largest absolute Gasteiger partial charge is 0.493 e. The Morgan fingerprint density at radius 3 is 2.31 bits per heavy atom. The Morgan fingerprint density at radius 2 is 1.69 bits per heavy atom. The van der Waals surface area contributed by atoms with Crippen molar-refractivity contribution in [2.45, 2.75) is 24.3 Å². The molecule has 0 aliphatic rings. The molecule has 1 atom stereocenters. The normalized spacial score (nSPS) is 12.1. The first kappa shape index (κ1) is 25.4. The quantitative estimate of drug-likeness (QED) is 0.463. The van der Waals surface area contributed by atoms with Crippen LogP contribution in [0.2, 0.25) is 0 Å². The molecule has 0 saturated heterocycles. The van der Waals surface area contributed by atoms with Crippen molar-refractivity contribution < 1.29 is 32.2 Å². The van der Waals surface area contributed by atoms with E-state index in [-0.39, 0.29) is 30.0 Å². The van der Waals surface area contributed by atoms with Gasteiger partial charge in [0.15, 0.2) is 18.1 Å². The molecule has 0 unspecified atom stereocenters. The molecule has 176 valence electrons. The van der Waals surface area contributed by atoms with Crippen molar-refractivity contribution in [3.8, 4) is 17.2 Å². The summed E-state index contributed by atoms with van der Waals surface area (Å²) in [4.78, 5) is 11.9. The van der Waals surface area contributed by atoms with Crippen LogP contribution in [0.1, 0.15) is 12.5 Å². The number of hydrogen-bond acceptors (Lipinski definition) is 7. The van der Waals surface area contributed by atoms with E-state index in [0.29, 0.717) is 30.3 Å². The summed E-state index contributed by atoms with van der Waals surface area (Å²) >= 11 is 0. The van der Waals surface area contributed by atoms with E-state index in [1.54, 1.807) is 27.4 Å². The minimum absolute atomic E-state index is 0.107. The molecule has 1 amide bonds. The highest BCUT2D eigenvalue weighted by Crippen LogP contribution is 2.27. The van der Waals surface area contributed by atoms with Crippen molar-refractivity contribution in [1.82, 2.24) is 10.0 Å². The fourth-order valence-electron chi connectivity index (χ4n) is 2.92. The van der Waals surface area contributed by atoms with E-state index in [0.717, 1.165) is 5.56 Å². The molecule has 2 N–H and O–H groups in total. The molecule has 0 spiro atoms. The Labute approximate surface area is 189 Å². The summed E-state index contributed by atoms with van der Waals surface area (Å²) in [7, 11) is 0.975. The summed E-state index contributed by atoms with van der Waals surface area (Å²) in [6, 6.07) is 11.2. The van der Waals surface area contributed by atoms with Crippen molar-refractivity contribution in [2.24, 2.45) is 0 Å². The molecular weight excluding hydrogens is 436 g/mol. The average molecular weight is 467 g/mol. The monoisotopic (exact) mass is 466 g/mol. The fraction of sp³-hybridized carbons (Fsp3) is 0.409. The zero-order valence-electron chi connectivity index (χ0n) is 18.7. The molecule has 0 fully saturated rings. The Kier molecular flexibility index (Phi) is 9.76. The molecule has 2 aromatic rings. The molecule has 0 aliphatic carbocycles. The molecule has 0 saturated carbocycles. The van der Waals surface area contributed by atoms with E-state index >= 15 is 0 Å². The van der Waals surface area contributed by atoms with Gasteiger partial charge in [-0.2, -0.15) is 0 Å². The lowest BCUT2D eigenvalue weighted by Gasteiger charge is -2.13. The predicted octanol–water partition coefficient (Wildman–Crippen LogP) is 1.75. The predicted molar refractivity (Wildman–Crippen MR) is 120 cm³/mol. The summed E-state index contributed by atoms with van der Waals surface area (Å²) in [5.41, 5.74) is 0.909. The molecule has 0 aromatic heterocycles. The van der Waals surface area contributed by atoms with Gasteiger partial charge in [-0.15, -0.1) is 0 Å². The lowest BCUT2D eigenvalue weighted by atomic mass is 10.1. The summed E-state index contributed by atoms with van der Waals surface area (Å²) in [6.07, 6.45) is 0.484. The number of rotatable bonds is 13. The number of carbonyl (C=O) groups excluding carboxylic acids is 1. The van der Waals surface area contributed by atoms with Crippen LogP contribution in [0.25, 0.3) is 0 Å². The molecule has 10 heteroatoms. The molecule has 32 heavy (non-hydrogen) atoms. The number of methoxy groups -OCH3 is 3. The van der Waals surface area contributed by atoms with Crippen LogP contribution in [0.4, 0.5) is 0 Å². The molecule has 0 aliphatic heterocycles. The number of hydrogen-bond donors (Lipinski definition) is 2. The van der Waals surface area contributed by atoms with Gasteiger partial charge >= 0.3 is 0 Å². The first-order valence-corrected chi connectivity index (χ1v) is 11.5. The summed E-state index contributed by atoms with van der Waals surface area (Å²) in [5, 5.41) is 2.73. The maximum atomic E-state index is 12.5. The van der Waals surface area contributed by atoms with Gasteiger partial charge in [0.2, 0.25) is 10.0 Å². The number of amides is 1. The van der Waals surface area contributed by atoms with Crippen LogP contribution in [0.3, 0.4) is 0 Å². The van der Waals surface area contributed by atoms with Gasteiger partial charge in [0.1, 0.15) is 5.75 Å². The van der Waals surface area contributed by atoms with Gasteiger partial charge in [0, 0.05) is 19.7 Å². The lowest BCUT2D eigenvalue weighted by Crippen LogP contribution is -2.38. The second kappa shape index (κ2) is 12.3. The summed E-state index contributed by atoms with van der Waals surface area (Å²) in [5.74, 6) is 1.30. The van der Waals surface area contributed by atoms with E-state index in [9.17, 15) is 13.2 Å². The Bertz CT molecular complexity index is 978. The summed E-state index contributed by atoms with van der Waals surface area (Å²) in [6.45, 7) is 2.26.